The van der Waals surface area contributed by atoms with Crippen LogP contribution in [0.15, 0.2) is 138 Å². The maximum Gasteiger partial charge on any atom is 0.238 e. The van der Waals surface area contributed by atoms with E-state index in [2.05, 4.69) is 85.1 Å². The van der Waals surface area contributed by atoms with Crippen LogP contribution in [0.3, 0.4) is 0 Å². The summed E-state index contributed by atoms with van der Waals surface area (Å²) in [4.78, 5) is 15.4. The molecule has 6 aromatic carbocycles. The molecule has 0 atom stereocenters. The third kappa shape index (κ3) is 3.57. The van der Waals surface area contributed by atoms with Crippen LogP contribution in [0.4, 0.5) is 0 Å². The molecule has 0 unspecified atom stereocenters. The number of rotatable bonds is 3. The lowest BCUT2D eigenvalue weighted by Gasteiger charge is -2.23. The predicted molar refractivity (Wildman–Crippen MR) is 190 cm³/mol. The summed E-state index contributed by atoms with van der Waals surface area (Å²) < 4.78 is 9.11. The van der Waals surface area contributed by atoms with Gasteiger partial charge in [0.05, 0.1) is 5.52 Å². The van der Waals surface area contributed by atoms with Crippen LogP contribution in [0, 0.1) is 0 Å². The molecule has 5 heteroatoms. The Hall–Kier alpha value is -6.07. The smallest absolute Gasteiger partial charge is 0.238 e. The van der Waals surface area contributed by atoms with Crippen LogP contribution in [0.1, 0.15) is 25.0 Å². The van der Waals surface area contributed by atoms with E-state index in [1.807, 2.05) is 66.7 Å². The molecule has 3 heterocycles. The van der Waals surface area contributed by atoms with Crippen molar-refractivity contribution in [2.45, 2.75) is 19.3 Å². The fourth-order valence-corrected chi connectivity index (χ4v) is 7.80. The molecule has 0 radical (unpaired) electrons. The van der Waals surface area contributed by atoms with Crippen molar-refractivity contribution in [3.63, 3.8) is 0 Å². The van der Waals surface area contributed by atoms with Crippen LogP contribution >= 0.6 is 0 Å². The van der Waals surface area contributed by atoms with Gasteiger partial charge in [-0.3, -0.25) is 4.57 Å². The molecule has 9 aromatic rings. The van der Waals surface area contributed by atoms with Gasteiger partial charge in [-0.25, -0.2) is 4.98 Å². The Morgan fingerprint density at radius 3 is 1.89 bits per heavy atom. The van der Waals surface area contributed by atoms with Crippen molar-refractivity contribution in [2.24, 2.45) is 0 Å². The minimum atomic E-state index is -0.255. The van der Waals surface area contributed by atoms with Crippen LogP contribution < -0.4 is 0 Å². The first-order valence-electron chi connectivity index (χ1n) is 16.0. The number of para-hydroxylation sites is 2. The van der Waals surface area contributed by atoms with Gasteiger partial charge in [-0.2, -0.15) is 9.97 Å². The zero-order chi connectivity index (χ0) is 31.3. The lowest BCUT2D eigenvalue weighted by molar-refractivity contribution is 0.663. The maximum atomic E-state index is 6.90. The highest BCUT2D eigenvalue weighted by Crippen LogP contribution is 2.57. The van der Waals surface area contributed by atoms with Gasteiger partial charge in [0.1, 0.15) is 11.1 Å². The topological polar surface area (TPSA) is 56.7 Å². The average Bonchev–Trinajstić information content (AvgIpc) is 3.75. The van der Waals surface area contributed by atoms with E-state index >= 15 is 0 Å². The van der Waals surface area contributed by atoms with Gasteiger partial charge < -0.3 is 4.42 Å². The highest BCUT2D eigenvalue weighted by Gasteiger charge is 2.41. The van der Waals surface area contributed by atoms with Gasteiger partial charge in [0.25, 0.3) is 0 Å². The van der Waals surface area contributed by atoms with E-state index in [0.717, 1.165) is 49.5 Å². The van der Waals surface area contributed by atoms with Gasteiger partial charge in [0, 0.05) is 38.1 Å². The summed E-state index contributed by atoms with van der Waals surface area (Å²) in [5.74, 6) is 1.80. The summed E-state index contributed by atoms with van der Waals surface area (Å²) in [6.07, 6.45) is 0. The van der Waals surface area contributed by atoms with Gasteiger partial charge >= 0.3 is 0 Å². The average molecular weight is 605 g/mol. The Morgan fingerprint density at radius 2 is 1.17 bits per heavy atom. The van der Waals surface area contributed by atoms with Crippen molar-refractivity contribution in [3.05, 3.63) is 145 Å². The molecule has 0 saturated carbocycles. The molecule has 0 amide bonds. The molecule has 1 aliphatic rings. The normalized spacial score (nSPS) is 13.5. The Bertz CT molecular complexity index is 2640. The third-order valence-electron chi connectivity index (χ3n) is 9.82. The Balaban J connectivity index is 1.43. The minimum absolute atomic E-state index is 0.255. The fourth-order valence-electron chi connectivity index (χ4n) is 7.80. The summed E-state index contributed by atoms with van der Waals surface area (Å²) in [7, 11) is 0. The molecule has 0 spiro atoms. The summed E-state index contributed by atoms with van der Waals surface area (Å²) in [6.45, 7) is 4.70. The highest BCUT2D eigenvalue weighted by molar-refractivity contribution is 6.29. The van der Waals surface area contributed by atoms with Crippen LogP contribution in [-0.4, -0.2) is 19.5 Å². The largest absolute Gasteiger partial charge is 0.454 e. The molecule has 0 fully saturated rings. The number of furan rings is 1. The van der Waals surface area contributed by atoms with Crippen molar-refractivity contribution < 1.29 is 4.42 Å². The van der Waals surface area contributed by atoms with Crippen molar-refractivity contribution in [1.29, 1.82) is 0 Å². The van der Waals surface area contributed by atoms with E-state index < -0.39 is 0 Å². The molecule has 47 heavy (non-hydrogen) atoms. The SMILES string of the molecule is CC1(C)c2ccccc2-c2c1c1c3ccccc3n(-c3nc(-c4ccccc4)nc(-c4ccccc4)n3)c1c1oc3ccccc3c21. The first kappa shape index (κ1) is 26.2. The molecule has 0 bridgehead atoms. The summed E-state index contributed by atoms with van der Waals surface area (Å²) in [5, 5.41) is 4.55. The van der Waals surface area contributed by atoms with E-state index in [1.54, 1.807) is 0 Å². The first-order chi connectivity index (χ1) is 23.1. The monoisotopic (exact) mass is 604 g/mol. The fraction of sp³-hybridized carbons (Fsp3) is 0.0714. The number of fused-ring (bicyclic) bond motifs is 12. The molecule has 222 valence electrons. The highest BCUT2D eigenvalue weighted by atomic mass is 16.3. The van der Waals surface area contributed by atoms with Gasteiger partial charge in [-0.1, -0.05) is 135 Å². The molecular formula is C42H28N4O. The van der Waals surface area contributed by atoms with Gasteiger partial charge in [0.2, 0.25) is 5.95 Å². The molecule has 3 aromatic heterocycles. The summed E-state index contributed by atoms with van der Waals surface area (Å²) >= 11 is 0. The van der Waals surface area contributed by atoms with Crippen LogP contribution in [0.5, 0.6) is 0 Å². The number of nitrogens with zero attached hydrogens (tertiary/aromatic N) is 4. The van der Waals surface area contributed by atoms with Crippen LogP contribution in [0.25, 0.3) is 83.6 Å². The second-order valence-corrected chi connectivity index (χ2v) is 12.8. The quantitative estimate of drug-likeness (QED) is 0.201. The van der Waals surface area contributed by atoms with Crippen molar-refractivity contribution in [3.8, 4) is 39.9 Å². The van der Waals surface area contributed by atoms with Crippen LogP contribution in [-0.2, 0) is 5.41 Å². The molecule has 0 saturated heterocycles. The van der Waals surface area contributed by atoms with E-state index in [-0.39, 0.29) is 5.41 Å². The third-order valence-corrected chi connectivity index (χ3v) is 9.82. The summed E-state index contributed by atoms with van der Waals surface area (Å²) in [5.41, 5.74) is 10.5. The first-order valence-corrected chi connectivity index (χ1v) is 16.0. The Morgan fingerprint density at radius 1 is 0.574 bits per heavy atom. The van der Waals surface area contributed by atoms with E-state index in [0.29, 0.717) is 17.6 Å². The van der Waals surface area contributed by atoms with Crippen molar-refractivity contribution in [2.75, 3.05) is 0 Å². The van der Waals surface area contributed by atoms with Crippen molar-refractivity contribution >= 4 is 43.7 Å². The van der Waals surface area contributed by atoms with Crippen molar-refractivity contribution in [1.82, 2.24) is 19.5 Å². The Labute approximate surface area is 270 Å². The molecule has 5 nitrogen and oxygen atoms in total. The lowest BCUT2D eigenvalue weighted by Crippen LogP contribution is -2.15. The van der Waals surface area contributed by atoms with Gasteiger partial charge in [-0.15, -0.1) is 0 Å². The number of benzene rings is 6. The maximum absolute atomic E-state index is 6.90. The molecular weight excluding hydrogens is 576 g/mol. The molecule has 0 N–H and O–H groups in total. The van der Waals surface area contributed by atoms with Crippen LogP contribution in [0.2, 0.25) is 0 Å². The van der Waals surface area contributed by atoms with Gasteiger partial charge in [-0.05, 0) is 34.4 Å². The van der Waals surface area contributed by atoms with E-state index in [4.69, 9.17) is 19.4 Å². The number of hydrogen-bond donors (Lipinski definition) is 0. The molecule has 0 aliphatic heterocycles. The molecule has 10 rings (SSSR count). The number of hydrogen-bond acceptors (Lipinski definition) is 4. The minimum Gasteiger partial charge on any atom is -0.454 e. The molecule has 1 aliphatic carbocycles. The number of aromatic nitrogens is 4. The standard InChI is InChI=1S/C42H28N4O/c1-42(2)30-22-12-9-19-27(30)33-34-29-21-11-14-24-32(29)47-38(34)37-35(36(33)42)28-20-10-13-23-31(28)46(37)41-44-39(25-15-5-3-6-16-25)43-40(45-41)26-17-7-4-8-18-26/h3-24H,1-2H3. The van der Waals surface area contributed by atoms with E-state index in [9.17, 15) is 0 Å². The predicted octanol–water partition coefficient (Wildman–Crippen LogP) is 10.5. The summed E-state index contributed by atoms with van der Waals surface area (Å²) in [6, 6.07) is 46.1. The van der Waals surface area contributed by atoms with E-state index in [1.165, 1.54) is 27.6 Å². The lowest BCUT2D eigenvalue weighted by atomic mass is 9.80. The van der Waals surface area contributed by atoms with Gasteiger partial charge in [0.15, 0.2) is 17.2 Å². The zero-order valence-electron chi connectivity index (χ0n) is 25.9. The Kier molecular flexibility index (Phi) is 5.28. The second-order valence-electron chi connectivity index (χ2n) is 12.8. The second kappa shape index (κ2) is 9.47. The zero-order valence-corrected chi connectivity index (χ0v) is 25.9.